The van der Waals surface area contributed by atoms with Crippen LogP contribution in [0.1, 0.15) is 13.8 Å². The molecule has 0 aromatic rings. The molecule has 0 radical (unpaired) electrons. The average molecular weight is 167 g/mol. The van der Waals surface area contributed by atoms with Crippen LogP contribution in [0.2, 0.25) is 0 Å². The van der Waals surface area contributed by atoms with E-state index in [1.165, 1.54) is 0 Å². The lowest BCUT2D eigenvalue weighted by Gasteiger charge is -2.24. The zero-order chi connectivity index (χ0) is 8.81. The molecule has 0 N–H and O–H groups in total. The van der Waals surface area contributed by atoms with Crippen molar-refractivity contribution in [3.63, 3.8) is 0 Å². The van der Waals surface area contributed by atoms with Crippen molar-refractivity contribution in [1.82, 2.24) is 4.90 Å². The van der Waals surface area contributed by atoms with Gasteiger partial charge >= 0.3 is 0 Å². The smallest absolute Gasteiger partial charge is 0.0603 e. The van der Waals surface area contributed by atoms with Gasteiger partial charge in [-0.25, -0.2) is 0 Å². The van der Waals surface area contributed by atoms with Crippen molar-refractivity contribution in [3.8, 4) is 11.8 Å². The number of ether oxygens (including phenoxy) is 1. The highest BCUT2D eigenvalue weighted by molar-refractivity contribution is 5.03. The summed E-state index contributed by atoms with van der Waals surface area (Å²) in [4.78, 5) is 2.33. The Morgan fingerprint density at radius 2 is 2.00 bits per heavy atom. The minimum atomic E-state index is 0.492. The number of hydrogen-bond acceptors (Lipinski definition) is 2. The molecule has 0 aliphatic carbocycles. The van der Waals surface area contributed by atoms with Crippen LogP contribution in [0.3, 0.4) is 0 Å². The maximum absolute atomic E-state index is 5.24. The van der Waals surface area contributed by atoms with Crippen molar-refractivity contribution in [2.24, 2.45) is 5.92 Å². The van der Waals surface area contributed by atoms with Gasteiger partial charge in [-0.05, 0) is 0 Å². The lowest BCUT2D eigenvalue weighted by molar-refractivity contribution is 0.0443. The van der Waals surface area contributed by atoms with Crippen molar-refractivity contribution < 1.29 is 4.74 Å². The molecule has 1 aliphatic heterocycles. The van der Waals surface area contributed by atoms with Gasteiger partial charge in [0.25, 0.3) is 0 Å². The van der Waals surface area contributed by atoms with Crippen LogP contribution in [0.4, 0.5) is 0 Å². The Hall–Kier alpha value is -0.520. The molecule has 0 bridgehead atoms. The first kappa shape index (κ1) is 9.57. The SMILES string of the molecule is CC(C)C#CCN1CCOCC1. The van der Waals surface area contributed by atoms with Gasteiger partial charge in [0.1, 0.15) is 0 Å². The summed E-state index contributed by atoms with van der Waals surface area (Å²) < 4.78 is 5.24. The van der Waals surface area contributed by atoms with Crippen molar-refractivity contribution in [2.45, 2.75) is 13.8 Å². The van der Waals surface area contributed by atoms with Gasteiger partial charge in [0.2, 0.25) is 0 Å². The third-order valence-electron chi connectivity index (χ3n) is 1.80. The van der Waals surface area contributed by atoms with E-state index in [4.69, 9.17) is 4.74 Å². The minimum absolute atomic E-state index is 0.492. The molecule has 0 saturated carbocycles. The van der Waals surface area contributed by atoms with Crippen LogP contribution in [0.15, 0.2) is 0 Å². The minimum Gasteiger partial charge on any atom is -0.379 e. The zero-order valence-electron chi connectivity index (χ0n) is 7.97. The molecule has 2 nitrogen and oxygen atoms in total. The topological polar surface area (TPSA) is 12.5 Å². The summed E-state index contributed by atoms with van der Waals surface area (Å²) >= 11 is 0. The van der Waals surface area contributed by atoms with Crippen LogP contribution in [0, 0.1) is 17.8 Å². The van der Waals surface area contributed by atoms with E-state index < -0.39 is 0 Å². The van der Waals surface area contributed by atoms with Crippen molar-refractivity contribution in [3.05, 3.63) is 0 Å². The van der Waals surface area contributed by atoms with Crippen LogP contribution in [-0.2, 0) is 4.74 Å². The van der Waals surface area contributed by atoms with E-state index in [0.717, 1.165) is 32.8 Å². The highest BCUT2D eigenvalue weighted by Crippen LogP contribution is 1.95. The van der Waals surface area contributed by atoms with Crippen molar-refractivity contribution in [1.29, 1.82) is 0 Å². The van der Waals surface area contributed by atoms with Crippen LogP contribution < -0.4 is 0 Å². The Bertz CT molecular complexity index is 172. The van der Waals surface area contributed by atoms with Gasteiger partial charge < -0.3 is 4.74 Å². The maximum atomic E-state index is 5.24. The Labute approximate surface area is 74.9 Å². The lowest BCUT2D eigenvalue weighted by Crippen LogP contribution is -2.36. The van der Waals surface area contributed by atoms with Crippen molar-refractivity contribution in [2.75, 3.05) is 32.8 Å². The van der Waals surface area contributed by atoms with Crippen molar-refractivity contribution >= 4 is 0 Å². The molecule has 1 saturated heterocycles. The van der Waals surface area contributed by atoms with Crippen LogP contribution >= 0.6 is 0 Å². The summed E-state index contributed by atoms with van der Waals surface area (Å²) in [5, 5.41) is 0. The molecule has 2 heteroatoms. The van der Waals surface area contributed by atoms with E-state index in [2.05, 4.69) is 30.6 Å². The Morgan fingerprint density at radius 3 is 2.58 bits per heavy atom. The molecule has 1 aliphatic rings. The Morgan fingerprint density at radius 1 is 1.33 bits per heavy atom. The van der Waals surface area contributed by atoms with E-state index in [1.807, 2.05) is 0 Å². The summed E-state index contributed by atoms with van der Waals surface area (Å²) in [6.45, 7) is 8.94. The first-order chi connectivity index (χ1) is 5.79. The molecule has 1 rings (SSSR count). The van der Waals surface area contributed by atoms with Gasteiger partial charge in [-0.15, -0.1) is 0 Å². The van der Waals surface area contributed by atoms with Crippen LogP contribution in [0.5, 0.6) is 0 Å². The molecule has 68 valence electrons. The monoisotopic (exact) mass is 167 g/mol. The fourth-order valence-corrected chi connectivity index (χ4v) is 1.12. The van der Waals surface area contributed by atoms with Gasteiger partial charge in [0.05, 0.1) is 19.8 Å². The van der Waals surface area contributed by atoms with Crippen LogP contribution in [0.25, 0.3) is 0 Å². The molecule has 0 unspecified atom stereocenters. The van der Waals surface area contributed by atoms with Gasteiger partial charge in [0.15, 0.2) is 0 Å². The number of hydrogen-bond donors (Lipinski definition) is 0. The number of nitrogens with zero attached hydrogens (tertiary/aromatic N) is 1. The molecule has 0 amide bonds. The molecule has 12 heavy (non-hydrogen) atoms. The predicted octanol–water partition coefficient (Wildman–Crippen LogP) is 0.978. The van der Waals surface area contributed by atoms with Gasteiger partial charge in [0, 0.05) is 19.0 Å². The number of morpholine rings is 1. The standard InChI is InChI=1S/C10H17NO/c1-10(2)4-3-5-11-6-8-12-9-7-11/h10H,5-9H2,1-2H3. The fourth-order valence-electron chi connectivity index (χ4n) is 1.12. The molecule has 0 spiro atoms. The van der Waals surface area contributed by atoms with Gasteiger partial charge in [-0.1, -0.05) is 25.7 Å². The first-order valence-electron chi connectivity index (χ1n) is 4.57. The Balaban J connectivity index is 2.18. The second kappa shape index (κ2) is 5.18. The summed E-state index contributed by atoms with van der Waals surface area (Å²) in [6.07, 6.45) is 0. The average Bonchev–Trinajstić information content (AvgIpc) is 2.05. The molecule has 0 atom stereocenters. The van der Waals surface area contributed by atoms with Gasteiger partial charge in [-0.3, -0.25) is 4.90 Å². The molecule has 0 aromatic heterocycles. The summed E-state index contributed by atoms with van der Waals surface area (Å²) in [6, 6.07) is 0. The second-order valence-corrected chi connectivity index (χ2v) is 3.36. The summed E-state index contributed by atoms with van der Waals surface area (Å²) in [5.74, 6) is 6.83. The molecule has 0 aromatic carbocycles. The van der Waals surface area contributed by atoms with Crippen LogP contribution in [-0.4, -0.2) is 37.7 Å². The second-order valence-electron chi connectivity index (χ2n) is 3.36. The third-order valence-corrected chi connectivity index (χ3v) is 1.80. The highest BCUT2D eigenvalue weighted by Gasteiger charge is 2.07. The zero-order valence-corrected chi connectivity index (χ0v) is 7.97. The highest BCUT2D eigenvalue weighted by atomic mass is 16.5. The molecular formula is C10H17NO. The third kappa shape index (κ3) is 3.75. The lowest BCUT2D eigenvalue weighted by atomic mass is 10.2. The maximum Gasteiger partial charge on any atom is 0.0603 e. The fraction of sp³-hybridized carbons (Fsp3) is 0.800. The van der Waals surface area contributed by atoms with E-state index in [9.17, 15) is 0 Å². The quantitative estimate of drug-likeness (QED) is 0.540. The largest absolute Gasteiger partial charge is 0.379 e. The molecule has 1 fully saturated rings. The van der Waals surface area contributed by atoms with E-state index in [1.54, 1.807) is 0 Å². The Kier molecular flexibility index (Phi) is 4.13. The number of rotatable bonds is 1. The normalized spacial score (nSPS) is 18.9. The first-order valence-corrected chi connectivity index (χ1v) is 4.57. The van der Waals surface area contributed by atoms with E-state index in [-0.39, 0.29) is 0 Å². The predicted molar refractivity (Wildman–Crippen MR) is 49.9 cm³/mol. The van der Waals surface area contributed by atoms with E-state index >= 15 is 0 Å². The summed E-state index contributed by atoms with van der Waals surface area (Å²) in [5.41, 5.74) is 0. The summed E-state index contributed by atoms with van der Waals surface area (Å²) in [7, 11) is 0. The van der Waals surface area contributed by atoms with Gasteiger partial charge in [-0.2, -0.15) is 0 Å². The molecule has 1 heterocycles. The molecular weight excluding hydrogens is 150 g/mol. The van der Waals surface area contributed by atoms with E-state index in [0.29, 0.717) is 5.92 Å².